The van der Waals surface area contributed by atoms with Crippen LogP contribution in [0.4, 0.5) is 5.82 Å². The van der Waals surface area contributed by atoms with E-state index in [2.05, 4.69) is 20.3 Å². The van der Waals surface area contributed by atoms with Crippen LogP contribution in [0.5, 0.6) is 0 Å². The Labute approximate surface area is 127 Å². The molecule has 3 rings (SSSR count). The molecule has 1 aromatic carbocycles. The van der Waals surface area contributed by atoms with E-state index >= 15 is 0 Å². The third kappa shape index (κ3) is 3.58. The van der Waals surface area contributed by atoms with Crippen molar-refractivity contribution >= 4 is 17.4 Å². The zero-order valence-electron chi connectivity index (χ0n) is 11.2. The van der Waals surface area contributed by atoms with Crippen LogP contribution >= 0.6 is 11.6 Å². The molecule has 0 fully saturated rings. The third-order valence-electron chi connectivity index (χ3n) is 2.86. The van der Waals surface area contributed by atoms with E-state index < -0.39 is 0 Å². The summed E-state index contributed by atoms with van der Waals surface area (Å²) in [6, 6.07) is 9.81. The lowest BCUT2D eigenvalue weighted by molar-refractivity contribution is 0.572. The Morgan fingerprint density at radius 2 is 1.95 bits per heavy atom. The van der Waals surface area contributed by atoms with Crippen LogP contribution in [0, 0.1) is 0 Å². The molecule has 106 valence electrons. The highest BCUT2D eigenvalue weighted by molar-refractivity contribution is 6.29. The van der Waals surface area contributed by atoms with Gasteiger partial charge in [0.15, 0.2) is 0 Å². The number of nitrogens with one attached hydrogen (secondary N) is 1. The molecule has 1 N–H and O–H groups in total. The Kier molecular flexibility index (Phi) is 4.12. The van der Waals surface area contributed by atoms with E-state index in [1.54, 1.807) is 12.5 Å². The summed E-state index contributed by atoms with van der Waals surface area (Å²) in [5.41, 5.74) is 1.86. The number of hydrogen-bond acceptors (Lipinski definition) is 5. The summed E-state index contributed by atoms with van der Waals surface area (Å²) < 4.78 is 5.48. The van der Waals surface area contributed by atoms with Crippen molar-refractivity contribution in [3.05, 3.63) is 59.8 Å². The van der Waals surface area contributed by atoms with Crippen molar-refractivity contribution in [2.75, 3.05) is 11.9 Å². The molecule has 0 saturated carbocycles. The number of aromatic nitrogens is 3. The van der Waals surface area contributed by atoms with Crippen LogP contribution in [0.25, 0.3) is 11.5 Å². The molecule has 0 radical (unpaired) electrons. The van der Waals surface area contributed by atoms with Crippen LogP contribution < -0.4 is 5.32 Å². The molecule has 0 saturated heterocycles. The maximum atomic E-state index is 5.77. The minimum absolute atomic E-state index is 0.368. The predicted octanol–water partition coefficient (Wildman–Crippen LogP) is 3.44. The minimum atomic E-state index is 0.368. The molecule has 0 atom stereocenters. The summed E-state index contributed by atoms with van der Waals surface area (Å²) in [7, 11) is 0. The molecule has 0 unspecified atom stereocenters. The van der Waals surface area contributed by atoms with Gasteiger partial charge in [-0.15, -0.1) is 0 Å². The van der Waals surface area contributed by atoms with Crippen molar-refractivity contribution in [1.29, 1.82) is 0 Å². The monoisotopic (exact) mass is 300 g/mol. The number of nitrogens with zero attached hydrogens (tertiary/aromatic N) is 3. The van der Waals surface area contributed by atoms with Gasteiger partial charge >= 0.3 is 0 Å². The van der Waals surface area contributed by atoms with E-state index in [0.717, 1.165) is 17.7 Å². The summed E-state index contributed by atoms with van der Waals surface area (Å²) in [4.78, 5) is 12.5. The normalized spacial score (nSPS) is 10.5. The number of hydrogen-bond donors (Lipinski definition) is 1. The Bertz CT molecular complexity index is 714. The highest BCUT2D eigenvalue weighted by atomic mass is 35.5. The van der Waals surface area contributed by atoms with Crippen LogP contribution in [0.2, 0.25) is 5.15 Å². The van der Waals surface area contributed by atoms with Gasteiger partial charge in [0.1, 0.15) is 17.2 Å². The lowest BCUT2D eigenvalue weighted by Gasteiger charge is -2.02. The average Bonchev–Trinajstić information content (AvgIpc) is 2.97. The van der Waals surface area contributed by atoms with Crippen molar-refractivity contribution in [1.82, 2.24) is 15.0 Å². The van der Waals surface area contributed by atoms with Crippen LogP contribution in [0.15, 0.2) is 53.4 Å². The SMILES string of the molecule is Clc1cncc(NCCc2coc(-c3ccccc3)n2)n1. The minimum Gasteiger partial charge on any atom is -0.444 e. The van der Waals surface area contributed by atoms with Crippen molar-refractivity contribution in [3.63, 3.8) is 0 Å². The van der Waals surface area contributed by atoms with Crippen molar-refractivity contribution in [2.45, 2.75) is 6.42 Å². The second-order valence-electron chi connectivity index (χ2n) is 4.41. The van der Waals surface area contributed by atoms with Gasteiger partial charge in [-0.05, 0) is 12.1 Å². The lowest BCUT2D eigenvalue weighted by atomic mass is 10.2. The summed E-state index contributed by atoms with van der Waals surface area (Å²) >= 11 is 5.77. The van der Waals surface area contributed by atoms with E-state index in [4.69, 9.17) is 16.0 Å². The molecule has 0 amide bonds. The van der Waals surface area contributed by atoms with Gasteiger partial charge in [-0.3, -0.25) is 4.98 Å². The standard InChI is InChI=1S/C15H13ClN4O/c16-13-8-17-9-14(20-13)18-7-6-12-10-21-15(19-12)11-4-2-1-3-5-11/h1-5,8-10H,6-7H2,(H,18,20). The quantitative estimate of drug-likeness (QED) is 0.782. The first-order chi connectivity index (χ1) is 10.3. The topological polar surface area (TPSA) is 63.8 Å². The molecular formula is C15H13ClN4O. The van der Waals surface area contributed by atoms with E-state index in [0.29, 0.717) is 23.4 Å². The second-order valence-corrected chi connectivity index (χ2v) is 4.80. The Morgan fingerprint density at radius 1 is 1.10 bits per heavy atom. The molecule has 0 aliphatic carbocycles. The fraction of sp³-hybridized carbons (Fsp3) is 0.133. The first-order valence-corrected chi connectivity index (χ1v) is 6.90. The van der Waals surface area contributed by atoms with Crippen molar-refractivity contribution in [2.24, 2.45) is 0 Å². The third-order valence-corrected chi connectivity index (χ3v) is 3.05. The molecule has 5 nitrogen and oxygen atoms in total. The molecule has 0 spiro atoms. The van der Waals surface area contributed by atoms with E-state index in [9.17, 15) is 0 Å². The summed E-state index contributed by atoms with van der Waals surface area (Å²) in [6.07, 6.45) is 5.53. The van der Waals surface area contributed by atoms with Crippen molar-refractivity contribution in [3.8, 4) is 11.5 Å². The van der Waals surface area contributed by atoms with Crippen molar-refractivity contribution < 1.29 is 4.42 Å². The maximum Gasteiger partial charge on any atom is 0.226 e. The van der Waals surface area contributed by atoms with Crippen LogP contribution in [-0.2, 0) is 6.42 Å². The first kappa shape index (κ1) is 13.6. The number of rotatable bonds is 5. The molecule has 0 bridgehead atoms. The molecule has 2 heterocycles. The highest BCUT2D eigenvalue weighted by Gasteiger charge is 2.06. The molecule has 21 heavy (non-hydrogen) atoms. The van der Waals surface area contributed by atoms with Gasteiger partial charge in [0.05, 0.1) is 18.1 Å². The number of halogens is 1. The summed E-state index contributed by atoms with van der Waals surface area (Å²) in [6.45, 7) is 0.676. The highest BCUT2D eigenvalue weighted by Crippen LogP contribution is 2.18. The van der Waals surface area contributed by atoms with Gasteiger partial charge < -0.3 is 9.73 Å². The van der Waals surface area contributed by atoms with Crippen LogP contribution in [-0.4, -0.2) is 21.5 Å². The fourth-order valence-corrected chi connectivity index (χ4v) is 2.03. The van der Waals surface area contributed by atoms with Gasteiger partial charge in [-0.25, -0.2) is 9.97 Å². The molecule has 3 aromatic rings. The van der Waals surface area contributed by atoms with Gasteiger partial charge in [-0.2, -0.15) is 0 Å². The molecular weight excluding hydrogens is 288 g/mol. The summed E-state index contributed by atoms with van der Waals surface area (Å²) in [5, 5.41) is 3.51. The fourth-order valence-electron chi connectivity index (χ4n) is 1.88. The van der Waals surface area contributed by atoms with Crippen LogP contribution in [0.3, 0.4) is 0 Å². The van der Waals surface area contributed by atoms with E-state index in [1.807, 2.05) is 30.3 Å². The Morgan fingerprint density at radius 3 is 2.76 bits per heavy atom. The zero-order chi connectivity index (χ0) is 14.5. The lowest BCUT2D eigenvalue weighted by Crippen LogP contribution is -2.06. The van der Waals surface area contributed by atoms with E-state index in [-0.39, 0.29) is 0 Å². The number of anilines is 1. The molecule has 6 heteroatoms. The Balaban J connectivity index is 1.58. The second kappa shape index (κ2) is 6.37. The van der Waals surface area contributed by atoms with Gasteiger partial charge in [0.25, 0.3) is 0 Å². The maximum absolute atomic E-state index is 5.77. The molecule has 2 aromatic heterocycles. The smallest absolute Gasteiger partial charge is 0.226 e. The number of benzene rings is 1. The summed E-state index contributed by atoms with van der Waals surface area (Å²) in [5.74, 6) is 1.28. The average molecular weight is 301 g/mol. The number of oxazole rings is 1. The molecule has 0 aliphatic heterocycles. The van der Waals surface area contributed by atoms with Gasteiger partial charge in [-0.1, -0.05) is 29.8 Å². The first-order valence-electron chi connectivity index (χ1n) is 6.52. The van der Waals surface area contributed by atoms with Gasteiger partial charge in [0, 0.05) is 18.5 Å². The molecule has 0 aliphatic rings. The van der Waals surface area contributed by atoms with Crippen LogP contribution in [0.1, 0.15) is 5.69 Å². The van der Waals surface area contributed by atoms with Gasteiger partial charge in [0.2, 0.25) is 5.89 Å². The Hall–Kier alpha value is -2.40. The predicted molar refractivity (Wildman–Crippen MR) is 81.2 cm³/mol. The van der Waals surface area contributed by atoms with E-state index in [1.165, 1.54) is 6.20 Å². The zero-order valence-corrected chi connectivity index (χ0v) is 11.9. The largest absolute Gasteiger partial charge is 0.444 e.